The van der Waals surface area contributed by atoms with E-state index in [1.807, 2.05) is 0 Å². The Labute approximate surface area is 145 Å². The Morgan fingerprint density at radius 2 is 2.12 bits per heavy atom. The van der Waals surface area contributed by atoms with E-state index in [2.05, 4.69) is 28.9 Å². The van der Waals surface area contributed by atoms with E-state index in [4.69, 9.17) is 9.47 Å². The van der Waals surface area contributed by atoms with Crippen molar-refractivity contribution < 1.29 is 14.3 Å². The van der Waals surface area contributed by atoms with Crippen molar-refractivity contribution in [3.05, 3.63) is 46.7 Å². The molecule has 6 heteroatoms. The van der Waals surface area contributed by atoms with Crippen molar-refractivity contribution in [1.82, 2.24) is 4.90 Å². The molecule has 0 spiro atoms. The lowest BCUT2D eigenvalue weighted by Crippen LogP contribution is -2.37. The Morgan fingerprint density at radius 1 is 1.25 bits per heavy atom. The quantitative estimate of drug-likeness (QED) is 0.909. The molecule has 2 amide bonds. The molecule has 1 aromatic carbocycles. The van der Waals surface area contributed by atoms with E-state index in [0.717, 1.165) is 6.42 Å². The van der Waals surface area contributed by atoms with Crippen molar-refractivity contribution in [3.63, 3.8) is 0 Å². The smallest absolute Gasteiger partial charge is 0.322 e. The zero-order valence-electron chi connectivity index (χ0n) is 13.7. The van der Waals surface area contributed by atoms with Gasteiger partial charge >= 0.3 is 6.03 Å². The predicted molar refractivity (Wildman–Crippen MR) is 97.1 cm³/mol. The maximum Gasteiger partial charge on any atom is 0.322 e. The summed E-state index contributed by atoms with van der Waals surface area (Å²) in [5.41, 5.74) is 1.95. The normalized spacial score (nSPS) is 14.1. The Bertz CT molecular complexity index is 741. The van der Waals surface area contributed by atoms with Crippen molar-refractivity contribution in [1.29, 1.82) is 0 Å². The summed E-state index contributed by atoms with van der Waals surface area (Å²) < 4.78 is 10.5. The van der Waals surface area contributed by atoms with Crippen molar-refractivity contribution >= 4 is 28.6 Å². The van der Waals surface area contributed by atoms with Crippen LogP contribution in [0.4, 0.5) is 10.5 Å². The zero-order chi connectivity index (χ0) is 16.9. The Morgan fingerprint density at radius 3 is 2.75 bits per heavy atom. The third kappa shape index (κ3) is 3.54. The number of hydrogen-bond donors (Lipinski definition) is 1. The van der Waals surface area contributed by atoms with E-state index in [-0.39, 0.29) is 6.03 Å². The van der Waals surface area contributed by atoms with Gasteiger partial charge in [0.2, 0.25) is 0 Å². The minimum Gasteiger partial charge on any atom is -0.497 e. The van der Waals surface area contributed by atoms with Gasteiger partial charge in [-0.25, -0.2) is 4.79 Å². The summed E-state index contributed by atoms with van der Waals surface area (Å²) in [5.74, 6) is 1.26. The molecular weight excluding hydrogens is 324 g/mol. The molecule has 0 fully saturated rings. The van der Waals surface area contributed by atoms with Crippen molar-refractivity contribution in [2.75, 3.05) is 32.6 Å². The molecular formula is C18H20N2O3S. The molecule has 0 saturated carbocycles. The number of methoxy groups -OCH3 is 2. The summed E-state index contributed by atoms with van der Waals surface area (Å²) in [4.78, 5) is 15.6. The summed E-state index contributed by atoms with van der Waals surface area (Å²) in [7, 11) is 3.17. The lowest BCUT2D eigenvalue weighted by atomic mass is 10.1. The van der Waals surface area contributed by atoms with Gasteiger partial charge in [0.15, 0.2) is 0 Å². The Balaban J connectivity index is 1.66. The standard InChI is InChI=1S/C18H20N2O3S/c1-22-14-5-6-15(16(12-14)23-2)19-18(21)20-9-7-13(8-10-20)17-4-3-11-24-17/h3-7,11-12H,8-10H2,1-2H3,(H,19,21). The van der Waals surface area contributed by atoms with Gasteiger partial charge in [0.05, 0.1) is 19.9 Å². The second-order valence-corrected chi connectivity index (χ2v) is 6.35. The number of thiophene rings is 1. The van der Waals surface area contributed by atoms with Gasteiger partial charge in [0, 0.05) is 24.0 Å². The number of amides is 2. The van der Waals surface area contributed by atoms with E-state index in [9.17, 15) is 4.79 Å². The molecule has 3 rings (SSSR count). The average molecular weight is 344 g/mol. The lowest BCUT2D eigenvalue weighted by Gasteiger charge is -2.26. The minimum atomic E-state index is -0.125. The lowest BCUT2D eigenvalue weighted by molar-refractivity contribution is 0.217. The summed E-state index contributed by atoms with van der Waals surface area (Å²) in [6.07, 6.45) is 2.99. The van der Waals surface area contributed by atoms with Crippen LogP contribution in [0.2, 0.25) is 0 Å². The van der Waals surface area contributed by atoms with E-state index >= 15 is 0 Å². The fourth-order valence-electron chi connectivity index (χ4n) is 2.63. The third-order valence-electron chi connectivity index (χ3n) is 3.98. The molecule has 0 radical (unpaired) electrons. The molecule has 2 aromatic rings. The molecule has 1 aromatic heterocycles. The molecule has 1 aliphatic heterocycles. The van der Waals surface area contributed by atoms with Gasteiger partial charge in [-0.2, -0.15) is 0 Å². The van der Waals surface area contributed by atoms with Crippen LogP contribution in [0.3, 0.4) is 0 Å². The molecule has 5 nitrogen and oxygen atoms in total. The highest BCUT2D eigenvalue weighted by molar-refractivity contribution is 7.11. The first-order valence-electron chi connectivity index (χ1n) is 7.72. The van der Waals surface area contributed by atoms with Gasteiger partial charge in [-0.3, -0.25) is 0 Å². The van der Waals surface area contributed by atoms with Gasteiger partial charge in [0.25, 0.3) is 0 Å². The first-order chi connectivity index (χ1) is 11.7. The number of nitrogens with zero attached hydrogens (tertiary/aromatic N) is 1. The van der Waals surface area contributed by atoms with Gasteiger partial charge in [-0.1, -0.05) is 12.1 Å². The number of ether oxygens (including phenoxy) is 2. The highest BCUT2D eigenvalue weighted by atomic mass is 32.1. The number of nitrogens with one attached hydrogen (secondary N) is 1. The summed E-state index contributed by atoms with van der Waals surface area (Å²) >= 11 is 1.73. The fourth-order valence-corrected chi connectivity index (χ4v) is 3.43. The zero-order valence-corrected chi connectivity index (χ0v) is 14.6. The molecule has 2 heterocycles. The molecule has 0 atom stereocenters. The molecule has 0 unspecified atom stereocenters. The number of rotatable bonds is 4. The summed E-state index contributed by atoms with van der Waals surface area (Å²) in [6, 6.07) is 9.38. The minimum absolute atomic E-state index is 0.125. The topological polar surface area (TPSA) is 50.8 Å². The average Bonchev–Trinajstić information content (AvgIpc) is 3.16. The monoisotopic (exact) mass is 344 g/mol. The second kappa shape index (κ2) is 7.40. The van der Waals surface area contributed by atoms with Crippen LogP contribution in [0.15, 0.2) is 41.8 Å². The highest BCUT2D eigenvalue weighted by Gasteiger charge is 2.19. The van der Waals surface area contributed by atoms with Crippen LogP contribution < -0.4 is 14.8 Å². The van der Waals surface area contributed by atoms with Crippen molar-refractivity contribution in [2.45, 2.75) is 6.42 Å². The van der Waals surface area contributed by atoms with Crippen LogP contribution >= 0.6 is 11.3 Å². The number of benzene rings is 1. The van der Waals surface area contributed by atoms with Crippen molar-refractivity contribution in [3.8, 4) is 11.5 Å². The maximum absolute atomic E-state index is 12.5. The van der Waals surface area contributed by atoms with E-state index < -0.39 is 0 Å². The molecule has 0 bridgehead atoms. The fraction of sp³-hybridized carbons (Fsp3) is 0.278. The summed E-state index contributed by atoms with van der Waals surface area (Å²) in [6.45, 7) is 1.31. The first-order valence-corrected chi connectivity index (χ1v) is 8.60. The van der Waals surface area contributed by atoms with Crippen LogP contribution in [0.25, 0.3) is 5.57 Å². The second-order valence-electron chi connectivity index (χ2n) is 5.40. The summed E-state index contributed by atoms with van der Waals surface area (Å²) in [5, 5.41) is 4.99. The van der Waals surface area contributed by atoms with Crippen LogP contribution in [0.5, 0.6) is 11.5 Å². The number of hydrogen-bond acceptors (Lipinski definition) is 4. The number of anilines is 1. The molecule has 126 valence electrons. The number of carbonyl (C=O) groups is 1. The predicted octanol–water partition coefficient (Wildman–Crippen LogP) is 4.09. The highest BCUT2D eigenvalue weighted by Crippen LogP contribution is 2.30. The van der Waals surface area contributed by atoms with Crippen LogP contribution in [0, 0.1) is 0 Å². The van der Waals surface area contributed by atoms with E-state index in [0.29, 0.717) is 30.3 Å². The molecule has 24 heavy (non-hydrogen) atoms. The van der Waals surface area contributed by atoms with Gasteiger partial charge < -0.3 is 19.7 Å². The van der Waals surface area contributed by atoms with E-state index in [1.165, 1.54) is 10.5 Å². The molecule has 0 aliphatic carbocycles. The van der Waals surface area contributed by atoms with Gasteiger partial charge in [-0.05, 0) is 35.6 Å². The van der Waals surface area contributed by atoms with Crippen molar-refractivity contribution in [2.24, 2.45) is 0 Å². The largest absolute Gasteiger partial charge is 0.497 e. The van der Waals surface area contributed by atoms with Gasteiger partial charge in [-0.15, -0.1) is 11.3 Å². The molecule has 0 saturated heterocycles. The van der Waals surface area contributed by atoms with Crippen LogP contribution in [0.1, 0.15) is 11.3 Å². The maximum atomic E-state index is 12.5. The first kappa shape index (κ1) is 16.4. The van der Waals surface area contributed by atoms with Gasteiger partial charge in [0.1, 0.15) is 11.5 Å². The SMILES string of the molecule is COc1ccc(NC(=O)N2CC=C(c3cccs3)CC2)c(OC)c1. The number of carbonyl (C=O) groups excluding carboxylic acids is 1. The third-order valence-corrected chi connectivity index (χ3v) is 4.93. The molecule has 1 aliphatic rings. The van der Waals surface area contributed by atoms with E-state index in [1.54, 1.807) is 48.7 Å². The molecule has 1 N–H and O–H groups in total. The van der Waals surface area contributed by atoms with Crippen LogP contribution in [-0.4, -0.2) is 38.2 Å². The van der Waals surface area contributed by atoms with Crippen LogP contribution in [-0.2, 0) is 0 Å². The number of urea groups is 1. The Hall–Kier alpha value is -2.47. The Kier molecular flexibility index (Phi) is 5.05.